The second-order valence-corrected chi connectivity index (χ2v) is 7.02. The molecule has 4 rings (SSSR count). The Balaban J connectivity index is 2.03. The van der Waals surface area contributed by atoms with E-state index in [0.717, 1.165) is 23.1 Å². The van der Waals surface area contributed by atoms with Gasteiger partial charge < -0.3 is 4.42 Å². The second kappa shape index (κ2) is 5.53. The zero-order valence-corrected chi connectivity index (χ0v) is 13.9. The van der Waals surface area contributed by atoms with Crippen LogP contribution in [0.15, 0.2) is 27.6 Å². The maximum absolute atomic E-state index is 12.8. The van der Waals surface area contributed by atoms with Crippen molar-refractivity contribution in [2.75, 3.05) is 0 Å². The van der Waals surface area contributed by atoms with Gasteiger partial charge in [-0.1, -0.05) is 0 Å². The lowest BCUT2D eigenvalue weighted by molar-refractivity contribution is 0.475. The van der Waals surface area contributed by atoms with E-state index in [9.17, 15) is 4.79 Å². The third-order valence-electron chi connectivity index (χ3n) is 4.58. The largest absolute Gasteiger partial charge is 0.467 e. The van der Waals surface area contributed by atoms with Crippen LogP contribution in [-0.4, -0.2) is 9.13 Å². The molecule has 0 atom stereocenters. The summed E-state index contributed by atoms with van der Waals surface area (Å²) in [5.41, 5.74) is 1.49. The van der Waals surface area contributed by atoms with Crippen LogP contribution in [0.4, 0.5) is 0 Å². The summed E-state index contributed by atoms with van der Waals surface area (Å²) in [5, 5.41) is 9.60. The molecule has 3 aromatic heterocycles. The molecule has 23 heavy (non-hydrogen) atoms. The predicted molar refractivity (Wildman–Crippen MR) is 90.1 cm³/mol. The van der Waals surface area contributed by atoms with E-state index in [-0.39, 0.29) is 5.69 Å². The molecule has 5 nitrogen and oxygen atoms in total. The van der Waals surface area contributed by atoms with Gasteiger partial charge in [-0.2, -0.15) is 0 Å². The Morgan fingerprint density at radius 3 is 2.87 bits per heavy atom. The summed E-state index contributed by atoms with van der Waals surface area (Å²) in [7, 11) is 0. The molecule has 0 saturated heterocycles. The number of thiophene rings is 1. The normalized spacial score (nSPS) is 14.3. The molecule has 0 saturated carbocycles. The molecule has 3 aromatic rings. The van der Waals surface area contributed by atoms with Crippen molar-refractivity contribution in [3.8, 4) is 0 Å². The van der Waals surface area contributed by atoms with Crippen LogP contribution in [0, 0.1) is 5.41 Å². The highest BCUT2D eigenvalue weighted by Crippen LogP contribution is 2.34. The fourth-order valence-electron chi connectivity index (χ4n) is 3.43. The smallest absolute Gasteiger partial charge is 0.331 e. The number of nitrogens with zero attached hydrogens (tertiary/aromatic N) is 2. The lowest BCUT2D eigenvalue weighted by atomic mass is 9.97. The Kier molecular flexibility index (Phi) is 3.49. The van der Waals surface area contributed by atoms with Crippen molar-refractivity contribution in [2.45, 2.75) is 45.7 Å². The Bertz CT molecular complexity index is 976. The van der Waals surface area contributed by atoms with E-state index in [1.165, 1.54) is 27.8 Å². The number of rotatable bonds is 3. The van der Waals surface area contributed by atoms with Gasteiger partial charge in [0.1, 0.15) is 16.1 Å². The van der Waals surface area contributed by atoms with E-state index in [2.05, 4.69) is 0 Å². The van der Waals surface area contributed by atoms with E-state index in [4.69, 9.17) is 9.83 Å². The average molecular weight is 329 g/mol. The zero-order chi connectivity index (χ0) is 16.0. The third-order valence-corrected chi connectivity index (χ3v) is 5.89. The number of fused-ring (bicyclic) bond motifs is 3. The molecule has 120 valence electrons. The first-order valence-corrected chi connectivity index (χ1v) is 8.87. The summed E-state index contributed by atoms with van der Waals surface area (Å²) in [4.78, 5) is 15.2. The van der Waals surface area contributed by atoms with E-state index < -0.39 is 0 Å². The Labute approximate surface area is 137 Å². The predicted octanol–water partition coefficient (Wildman–Crippen LogP) is 2.88. The van der Waals surface area contributed by atoms with Crippen molar-refractivity contribution in [3.05, 3.63) is 50.6 Å². The van der Waals surface area contributed by atoms with Gasteiger partial charge in [-0.15, -0.1) is 11.3 Å². The highest BCUT2D eigenvalue weighted by Gasteiger charge is 2.21. The molecule has 0 fully saturated rings. The molecule has 0 unspecified atom stereocenters. The summed E-state index contributed by atoms with van der Waals surface area (Å²) < 4.78 is 8.72. The van der Waals surface area contributed by atoms with Crippen molar-refractivity contribution < 1.29 is 4.42 Å². The fourth-order valence-corrected chi connectivity index (χ4v) is 4.88. The van der Waals surface area contributed by atoms with Gasteiger partial charge in [0.15, 0.2) is 0 Å². The lowest BCUT2D eigenvalue weighted by Crippen LogP contribution is -2.40. The zero-order valence-electron chi connectivity index (χ0n) is 13.1. The SMILES string of the molecule is CCn1c(=O)n(Cc2ccco2)c(=N)c2c3c(sc21)CCCC3. The first kappa shape index (κ1) is 14.5. The molecular formula is C17H19N3O2S. The highest BCUT2D eigenvalue weighted by atomic mass is 32.1. The van der Waals surface area contributed by atoms with Crippen molar-refractivity contribution in [1.82, 2.24) is 9.13 Å². The van der Waals surface area contributed by atoms with Crippen molar-refractivity contribution in [3.63, 3.8) is 0 Å². The Morgan fingerprint density at radius 2 is 2.13 bits per heavy atom. The maximum Gasteiger partial charge on any atom is 0.331 e. The number of furan rings is 1. The summed E-state index contributed by atoms with van der Waals surface area (Å²) in [6.07, 6.45) is 6.06. The first-order valence-electron chi connectivity index (χ1n) is 8.05. The number of aromatic nitrogens is 2. The maximum atomic E-state index is 12.8. The van der Waals surface area contributed by atoms with Gasteiger partial charge in [0.2, 0.25) is 0 Å². The van der Waals surface area contributed by atoms with Gasteiger partial charge in [-0.05, 0) is 50.3 Å². The van der Waals surface area contributed by atoms with Crippen LogP contribution >= 0.6 is 11.3 Å². The molecule has 0 radical (unpaired) electrons. The quantitative estimate of drug-likeness (QED) is 0.803. The Morgan fingerprint density at radius 1 is 1.30 bits per heavy atom. The third kappa shape index (κ3) is 2.20. The average Bonchev–Trinajstić information content (AvgIpc) is 3.19. The van der Waals surface area contributed by atoms with Gasteiger partial charge in [-0.25, -0.2) is 4.79 Å². The van der Waals surface area contributed by atoms with Gasteiger partial charge in [-0.3, -0.25) is 14.5 Å². The number of nitrogens with one attached hydrogen (secondary N) is 1. The Hall–Kier alpha value is -2.08. The summed E-state index contributed by atoms with van der Waals surface area (Å²) in [5.74, 6) is 0.701. The molecular weight excluding hydrogens is 310 g/mol. The molecule has 1 aliphatic carbocycles. The summed E-state index contributed by atoms with van der Waals surface area (Å²) in [6.45, 7) is 2.92. The second-order valence-electron chi connectivity index (χ2n) is 5.93. The molecule has 1 N–H and O–H groups in total. The highest BCUT2D eigenvalue weighted by molar-refractivity contribution is 7.18. The van der Waals surface area contributed by atoms with Gasteiger partial charge in [0, 0.05) is 11.4 Å². The van der Waals surface area contributed by atoms with Crippen LogP contribution in [-0.2, 0) is 25.9 Å². The molecule has 6 heteroatoms. The van der Waals surface area contributed by atoms with Crippen molar-refractivity contribution >= 4 is 21.6 Å². The number of hydrogen-bond acceptors (Lipinski definition) is 4. The molecule has 0 spiro atoms. The standard InChI is InChI=1S/C17H19N3O2S/c1-2-19-16-14(12-7-3-4-8-13(12)23-16)15(18)20(17(19)21)10-11-6-5-9-22-11/h5-6,9,18H,2-4,7-8,10H2,1H3. The van der Waals surface area contributed by atoms with Crippen molar-refractivity contribution in [2.24, 2.45) is 0 Å². The molecule has 0 bridgehead atoms. The summed E-state index contributed by atoms with van der Waals surface area (Å²) in [6, 6.07) is 3.65. The monoisotopic (exact) mass is 329 g/mol. The molecule has 0 amide bonds. The van der Waals surface area contributed by atoms with Crippen LogP contribution in [0.25, 0.3) is 10.2 Å². The molecule has 0 aromatic carbocycles. The summed E-state index contributed by atoms with van der Waals surface area (Å²) >= 11 is 1.70. The van der Waals surface area contributed by atoms with Gasteiger partial charge in [0.05, 0.1) is 18.2 Å². The van der Waals surface area contributed by atoms with E-state index in [1.807, 2.05) is 19.1 Å². The van der Waals surface area contributed by atoms with Crippen LogP contribution in [0.5, 0.6) is 0 Å². The van der Waals surface area contributed by atoms with Crippen LogP contribution in [0.3, 0.4) is 0 Å². The lowest BCUT2D eigenvalue weighted by Gasteiger charge is -2.13. The minimum atomic E-state index is -0.125. The molecule has 0 aliphatic heterocycles. The van der Waals surface area contributed by atoms with Crippen LogP contribution in [0.2, 0.25) is 0 Å². The topological polar surface area (TPSA) is 63.9 Å². The van der Waals surface area contributed by atoms with Gasteiger partial charge >= 0.3 is 5.69 Å². The van der Waals surface area contributed by atoms with Crippen molar-refractivity contribution in [1.29, 1.82) is 5.41 Å². The minimum Gasteiger partial charge on any atom is -0.467 e. The fraction of sp³-hybridized carbons (Fsp3) is 0.412. The first-order chi connectivity index (χ1) is 11.2. The molecule has 1 aliphatic rings. The number of hydrogen-bond donors (Lipinski definition) is 1. The van der Waals surface area contributed by atoms with E-state index in [1.54, 1.807) is 22.2 Å². The molecule has 3 heterocycles. The van der Waals surface area contributed by atoms with Crippen LogP contribution in [0.1, 0.15) is 36.0 Å². The van der Waals surface area contributed by atoms with E-state index in [0.29, 0.717) is 24.3 Å². The van der Waals surface area contributed by atoms with Gasteiger partial charge in [0.25, 0.3) is 0 Å². The van der Waals surface area contributed by atoms with Crippen LogP contribution < -0.4 is 11.2 Å². The minimum absolute atomic E-state index is 0.125. The number of aryl methyl sites for hydroxylation is 3. The van der Waals surface area contributed by atoms with E-state index >= 15 is 0 Å².